The van der Waals surface area contributed by atoms with Gasteiger partial charge in [-0.2, -0.15) is 0 Å². The lowest BCUT2D eigenvalue weighted by atomic mass is 9.96. The smallest absolute Gasteiger partial charge is 0.246 e. The molecule has 0 N–H and O–H groups in total. The van der Waals surface area contributed by atoms with Crippen LogP contribution >= 0.6 is 0 Å². The Morgan fingerprint density at radius 1 is 0.958 bits per heavy atom. The molecule has 1 fully saturated rings. The molecule has 122 valence electrons. The minimum absolute atomic E-state index is 0.118. The molecule has 2 aliphatic rings. The fraction of sp³-hybridized carbons (Fsp3) is 0.286. The summed E-state index contributed by atoms with van der Waals surface area (Å²) in [5, 5.41) is 0. The SMILES string of the molecule is O=C(/C=C/c1ccccc1)N1CC(N2CCc3ccccc3C2)C1. The highest BCUT2D eigenvalue weighted by Crippen LogP contribution is 2.24. The number of rotatable bonds is 3. The molecular weight excluding hydrogens is 296 g/mol. The van der Waals surface area contributed by atoms with E-state index >= 15 is 0 Å². The lowest BCUT2D eigenvalue weighted by molar-refractivity contribution is -0.133. The number of benzene rings is 2. The zero-order valence-corrected chi connectivity index (χ0v) is 13.8. The summed E-state index contributed by atoms with van der Waals surface area (Å²) in [5.41, 5.74) is 3.99. The van der Waals surface area contributed by atoms with Gasteiger partial charge in [0.15, 0.2) is 0 Å². The van der Waals surface area contributed by atoms with E-state index in [4.69, 9.17) is 0 Å². The summed E-state index contributed by atoms with van der Waals surface area (Å²) >= 11 is 0. The molecule has 4 rings (SSSR count). The monoisotopic (exact) mass is 318 g/mol. The maximum Gasteiger partial charge on any atom is 0.246 e. The van der Waals surface area contributed by atoms with Gasteiger partial charge in [0.05, 0.1) is 0 Å². The summed E-state index contributed by atoms with van der Waals surface area (Å²) < 4.78 is 0. The van der Waals surface area contributed by atoms with Crippen molar-refractivity contribution in [1.82, 2.24) is 9.80 Å². The van der Waals surface area contributed by atoms with Gasteiger partial charge in [0.1, 0.15) is 0 Å². The second-order valence-electron chi connectivity index (χ2n) is 6.63. The van der Waals surface area contributed by atoms with Gasteiger partial charge in [0.2, 0.25) is 5.91 Å². The molecular formula is C21H22N2O. The Labute approximate surface area is 143 Å². The van der Waals surface area contributed by atoms with Crippen molar-refractivity contribution in [2.45, 2.75) is 19.0 Å². The molecule has 0 bridgehead atoms. The quantitative estimate of drug-likeness (QED) is 0.812. The molecule has 1 saturated heterocycles. The van der Waals surface area contributed by atoms with Gasteiger partial charge in [-0.15, -0.1) is 0 Å². The third-order valence-electron chi connectivity index (χ3n) is 5.07. The number of likely N-dealkylation sites (tertiary alicyclic amines) is 1. The lowest BCUT2D eigenvalue weighted by Gasteiger charge is -2.46. The maximum absolute atomic E-state index is 12.2. The Balaban J connectivity index is 1.31. The van der Waals surface area contributed by atoms with Gasteiger partial charge in [-0.3, -0.25) is 9.69 Å². The molecule has 2 heterocycles. The molecule has 3 nitrogen and oxygen atoms in total. The average Bonchev–Trinajstić information content (AvgIpc) is 2.59. The number of carbonyl (C=O) groups excluding carboxylic acids is 1. The molecule has 0 unspecified atom stereocenters. The summed E-state index contributed by atoms with van der Waals surface area (Å²) in [6, 6.07) is 19.2. The van der Waals surface area contributed by atoms with Crippen LogP contribution in [-0.4, -0.2) is 41.4 Å². The molecule has 0 aliphatic carbocycles. The molecule has 2 aromatic carbocycles. The van der Waals surface area contributed by atoms with Crippen LogP contribution in [0.2, 0.25) is 0 Å². The highest BCUT2D eigenvalue weighted by molar-refractivity contribution is 5.92. The predicted octanol–water partition coefficient (Wildman–Crippen LogP) is 2.97. The number of hydrogen-bond donors (Lipinski definition) is 0. The van der Waals surface area contributed by atoms with E-state index in [0.29, 0.717) is 6.04 Å². The molecule has 0 radical (unpaired) electrons. The van der Waals surface area contributed by atoms with Gasteiger partial charge in [-0.05, 0) is 29.2 Å². The molecule has 2 aromatic rings. The van der Waals surface area contributed by atoms with Crippen LogP contribution in [0.1, 0.15) is 16.7 Å². The van der Waals surface area contributed by atoms with Crippen molar-refractivity contribution in [3.05, 3.63) is 77.4 Å². The summed E-state index contributed by atoms with van der Waals surface area (Å²) in [6.45, 7) is 3.81. The zero-order chi connectivity index (χ0) is 16.4. The number of nitrogens with zero attached hydrogens (tertiary/aromatic N) is 2. The number of hydrogen-bond acceptors (Lipinski definition) is 2. The molecule has 1 amide bonds. The lowest BCUT2D eigenvalue weighted by Crippen LogP contribution is -2.61. The molecule has 0 atom stereocenters. The first-order valence-electron chi connectivity index (χ1n) is 8.62. The van der Waals surface area contributed by atoms with Crippen LogP contribution in [0, 0.1) is 0 Å². The topological polar surface area (TPSA) is 23.6 Å². The first-order valence-corrected chi connectivity index (χ1v) is 8.62. The summed E-state index contributed by atoms with van der Waals surface area (Å²) in [7, 11) is 0. The molecule has 0 aromatic heterocycles. The normalized spacial score (nSPS) is 18.4. The van der Waals surface area contributed by atoms with Crippen LogP contribution in [0.3, 0.4) is 0 Å². The highest BCUT2D eigenvalue weighted by Gasteiger charge is 2.35. The fourth-order valence-corrected chi connectivity index (χ4v) is 3.53. The van der Waals surface area contributed by atoms with E-state index in [0.717, 1.165) is 38.2 Å². The number of carbonyl (C=O) groups is 1. The first-order chi connectivity index (χ1) is 11.8. The van der Waals surface area contributed by atoms with Crippen LogP contribution in [0.4, 0.5) is 0 Å². The Morgan fingerprint density at radius 2 is 1.67 bits per heavy atom. The Hall–Kier alpha value is -2.39. The van der Waals surface area contributed by atoms with Gasteiger partial charge in [0, 0.05) is 38.3 Å². The van der Waals surface area contributed by atoms with Gasteiger partial charge in [-0.1, -0.05) is 54.6 Å². The van der Waals surface area contributed by atoms with E-state index in [2.05, 4.69) is 29.2 Å². The largest absolute Gasteiger partial charge is 0.336 e. The third kappa shape index (κ3) is 3.13. The molecule has 0 spiro atoms. The molecule has 24 heavy (non-hydrogen) atoms. The zero-order valence-electron chi connectivity index (χ0n) is 13.8. The van der Waals surface area contributed by atoms with Crippen LogP contribution in [-0.2, 0) is 17.8 Å². The predicted molar refractivity (Wildman–Crippen MR) is 96.4 cm³/mol. The van der Waals surface area contributed by atoms with Crippen LogP contribution in [0.15, 0.2) is 60.7 Å². The van der Waals surface area contributed by atoms with E-state index < -0.39 is 0 Å². The Kier molecular flexibility index (Phi) is 4.18. The van der Waals surface area contributed by atoms with Crippen molar-refractivity contribution in [1.29, 1.82) is 0 Å². The summed E-state index contributed by atoms with van der Waals surface area (Å²) in [5.74, 6) is 0.118. The van der Waals surface area contributed by atoms with Gasteiger partial charge in [-0.25, -0.2) is 0 Å². The molecule has 0 saturated carbocycles. The number of amides is 1. The minimum atomic E-state index is 0.118. The van der Waals surface area contributed by atoms with E-state index in [1.54, 1.807) is 6.08 Å². The minimum Gasteiger partial charge on any atom is -0.336 e. The Morgan fingerprint density at radius 3 is 2.46 bits per heavy atom. The van der Waals surface area contributed by atoms with E-state index in [1.165, 1.54) is 11.1 Å². The standard InChI is InChI=1S/C21H22N2O/c24-21(11-10-17-6-2-1-3-7-17)23-15-20(16-23)22-13-12-18-8-4-5-9-19(18)14-22/h1-11,20H,12-16H2/b11-10+. The Bertz CT molecular complexity index is 747. The summed E-state index contributed by atoms with van der Waals surface area (Å²) in [4.78, 5) is 16.7. The first kappa shape index (κ1) is 15.2. The summed E-state index contributed by atoms with van der Waals surface area (Å²) in [6.07, 6.45) is 4.71. The van der Waals surface area contributed by atoms with Crippen LogP contribution in [0.25, 0.3) is 6.08 Å². The van der Waals surface area contributed by atoms with Crippen molar-refractivity contribution >= 4 is 12.0 Å². The van der Waals surface area contributed by atoms with Crippen molar-refractivity contribution in [3.8, 4) is 0 Å². The van der Waals surface area contributed by atoms with Gasteiger partial charge < -0.3 is 4.90 Å². The second kappa shape index (κ2) is 6.62. The number of fused-ring (bicyclic) bond motifs is 1. The molecule has 2 aliphatic heterocycles. The van der Waals surface area contributed by atoms with E-state index in [9.17, 15) is 4.79 Å². The third-order valence-corrected chi connectivity index (χ3v) is 5.07. The van der Waals surface area contributed by atoms with Crippen molar-refractivity contribution < 1.29 is 4.79 Å². The van der Waals surface area contributed by atoms with Crippen LogP contribution < -0.4 is 0 Å². The van der Waals surface area contributed by atoms with E-state index in [-0.39, 0.29) is 5.91 Å². The maximum atomic E-state index is 12.2. The van der Waals surface area contributed by atoms with Gasteiger partial charge in [0.25, 0.3) is 0 Å². The molecule has 3 heteroatoms. The van der Waals surface area contributed by atoms with Gasteiger partial charge >= 0.3 is 0 Å². The average molecular weight is 318 g/mol. The fourth-order valence-electron chi connectivity index (χ4n) is 3.53. The second-order valence-corrected chi connectivity index (χ2v) is 6.63. The van der Waals surface area contributed by atoms with Crippen molar-refractivity contribution in [2.24, 2.45) is 0 Å². The van der Waals surface area contributed by atoms with Crippen molar-refractivity contribution in [3.63, 3.8) is 0 Å². The highest BCUT2D eigenvalue weighted by atomic mass is 16.2. The van der Waals surface area contributed by atoms with Crippen LogP contribution in [0.5, 0.6) is 0 Å². The van der Waals surface area contributed by atoms with Crippen molar-refractivity contribution in [2.75, 3.05) is 19.6 Å². The van der Waals surface area contributed by atoms with E-state index in [1.807, 2.05) is 41.3 Å².